The Kier molecular flexibility index (Phi) is 11.3. The van der Waals surface area contributed by atoms with Crippen LogP contribution in [0.25, 0.3) is 0 Å². The van der Waals surface area contributed by atoms with E-state index in [1.807, 2.05) is 6.07 Å². The predicted molar refractivity (Wildman–Crippen MR) is 141 cm³/mol. The zero-order chi connectivity index (χ0) is 26.9. The fourth-order valence-corrected chi connectivity index (χ4v) is 5.29. The average molecular weight is 538 g/mol. The van der Waals surface area contributed by atoms with Crippen LogP contribution in [0.15, 0.2) is 30.3 Å². The largest absolute Gasteiger partial charge is 0.466 e. The number of ether oxygens (including phenoxy) is 2. The van der Waals surface area contributed by atoms with Crippen molar-refractivity contribution in [2.45, 2.75) is 77.5 Å². The number of carbonyl (C=O) groups excluding carboxylic acids is 1. The molecule has 8 heteroatoms. The highest BCUT2D eigenvalue weighted by molar-refractivity contribution is 6.31. The van der Waals surface area contributed by atoms with Gasteiger partial charge in [-0.1, -0.05) is 30.7 Å². The van der Waals surface area contributed by atoms with Crippen LogP contribution >= 0.6 is 11.6 Å². The van der Waals surface area contributed by atoms with Gasteiger partial charge in [0.05, 0.1) is 25.4 Å². The first-order chi connectivity index (χ1) is 17.7. The highest BCUT2D eigenvalue weighted by Gasteiger charge is 2.27. The quantitative estimate of drug-likeness (QED) is 0.326. The molecule has 1 saturated heterocycles. The Balaban J connectivity index is 1.57. The molecule has 5 nitrogen and oxygen atoms in total. The Labute approximate surface area is 223 Å². The first-order valence-electron chi connectivity index (χ1n) is 13.2. The van der Waals surface area contributed by atoms with Gasteiger partial charge in [0.1, 0.15) is 11.6 Å². The van der Waals surface area contributed by atoms with E-state index < -0.39 is 29.8 Å². The second-order valence-corrected chi connectivity index (χ2v) is 10.1. The molecule has 1 heterocycles. The SMILES string of the molecule is CCOC(=O)CCc1c(F)cc(F)cc1C(C)OCC(O)CN1CCC[C@H]1Cc1ccc(Cl)c(CC)c1. The van der Waals surface area contributed by atoms with E-state index in [0.29, 0.717) is 18.2 Å². The summed E-state index contributed by atoms with van der Waals surface area (Å²) in [5, 5.41) is 11.5. The second-order valence-electron chi connectivity index (χ2n) is 9.66. The summed E-state index contributed by atoms with van der Waals surface area (Å²) >= 11 is 6.27. The lowest BCUT2D eigenvalue weighted by Crippen LogP contribution is -2.39. The lowest BCUT2D eigenvalue weighted by atomic mass is 9.98. The Morgan fingerprint density at radius 2 is 2.03 bits per heavy atom. The van der Waals surface area contributed by atoms with Crippen molar-refractivity contribution in [1.29, 1.82) is 0 Å². The van der Waals surface area contributed by atoms with Gasteiger partial charge in [-0.15, -0.1) is 0 Å². The molecule has 204 valence electrons. The molecule has 0 saturated carbocycles. The standard InChI is InChI=1S/C29H38ClF2NO4/c1-4-21-13-20(8-10-27(21)30)14-23-7-6-12-33(23)17-24(34)18-37-19(3)26-15-22(31)16-28(32)25(26)9-11-29(35)36-5-2/h8,10,13,15-16,19,23-24,34H,4-7,9,11-12,14,17-18H2,1-3H3/t19?,23-,24?/m0/s1. The minimum atomic E-state index is -0.749. The Hall–Kier alpha value is -2.06. The van der Waals surface area contributed by atoms with Crippen LogP contribution in [0.1, 0.15) is 68.4 Å². The van der Waals surface area contributed by atoms with Crippen molar-refractivity contribution in [3.8, 4) is 0 Å². The molecule has 3 rings (SSSR count). The smallest absolute Gasteiger partial charge is 0.306 e. The molecule has 2 aromatic rings. The molecule has 0 aliphatic carbocycles. The molecule has 0 bridgehead atoms. The van der Waals surface area contributed by atoms with Gasteiger partial charge in [0.2, 0.25) is 0 Å². The summed E-state index contributed by atoms with van der Waals surface area (Å²) < 4.78 is 39.3. The number of halogens is 3. The number of rotatable bonds is 13. The Morgan fingerprint density at radius 1 is 1.24 bits per heavy atom. The van der Waals surface area contributed by atoms with Gasteiger partial charge in [0.15, 0.2) is 0 Å². The van der Waals surface area contributed by atoms with Crippen LogP contribution in [0.2, 0.25) is 5.02 Å². The van der Waals surface area contributed by atoms with Gasteiger partial charge in [-0.25, -0.2) is 8.78 Å². The summed E-state index contributed by atoms with van der Waals surface area (Å²) in [5.41, 5.74) is 2.94. The van der Waals surface area contributed by atoms with E-state index in [-0.39, 0.29) is 31.6 Å². The van der Waals surface area contributed by atoms with E-state index in [0.717, 1.165) is 48.9 Å². The zero-order valence-corrected chi connectivity index (χ0v) is 22.7. The number of esters is 1. The minimum Gasteiger partial charge on any atom is -0.466 e. The van der Waals surface area contributed by atoms with Crippen LogP contribution < -0.4 is 0 Å². The van der Waals surface area contributed by atoms with Crippen molar-refractivity contribution >= 4 is 17.6 Å². The van der Waals surface area contributed by atoms with Gasteiger partial charge < -0.3 is 14.6 Å². The number of β-amino-alcohol motifs (C(OH)–C–C–N with tert-alkyl or cyclic N) is 1. The Morgan fingerprint density at radius 3 is 2.76 bits per heavy atom. The van der Waals surface area contributed by atoms with Crippen molar-refractivity contribution in [3.05, 3.63) is 69.2 Å². The molecule has 2 unspecified atom stereocenters. The fourth-order valence-electron chi connectivity index (χ4n) is 5.04. The fraction of sp³-hybridized carbons (Fsp3) is 0.552. The van der Waals surface area contributed by atoms with Gasteiger partial charge in [0, 0.05) is 30.1 Å². The topological polar surface area (TPSA) is 59.0 Å². The van der Waals surface area contributed by atoms with E-state index in [9.17, 15) is 18.7 Å². The summed E-state index contributed by atoms with van der Waals surface area (Å²) in [5.74, 6) is -1.87. The summed E-state index contributed by atoms with van der Waals surface area (Å²) in [6, 6.07) is 8.55. The van der Waals surface area contributed by atoms with Crippen molar-refractivity contribution < 1.29 is 28.2 Å². The van der Waals surface area contributed by atoms with Crippen LogP contribution in [0.5, 0.6) is 0 Å². The van der Waals surface area contributed by atoms with E-state index in [4.69, 9.17) is 21.1 Å². The van der Waals surface area contributed by atoms with Crippen molar-refractivity contribution in [2.24, 2.45) is 0 Å². The maximum Gasteiger partial charge on any atom is 0.306 e. The average Bonchev–Trinajstić information content (AvgIpc) is 3.29. The summed E-state index contributed by atoms with van der Waals surface area (Å²) in [4.78, 5) is 14.0. The number of benzene rings is 2. The number of aliphatic hydroxyl groups excluding tert-OH is 1. The van der Waals surface area contributed by atoms with Crippen LogP contribution in [-0.2, 0) is 33.5 Å². The predicted octanol–water partition coefficient (Wildman–Crippen LogP) is 5.82. The van der Waals surface area contributed by atoms with E-state index >= 15 is 0 Å². The molecule has 1 N–H and O–H groups in total. The first-order valence-corrected chi connectivity index (χ1v) is 13.5. The first kappa shape index (κ1) is 29.5. The van der Waals surface area contributed by atoms with E-state index in [1.54, 1.807) is 13.8 Å². The molecule has 3 atom stereocenters. The van der Waals surface area contributed by atoms with Gasteiger partial charge in [-0.3, -0.25) is 9.69 Å². The van der Waals surface area contributed by atoms with Crippen molar-refractivity contribution in [1.82, 2.24) is 4.90 Å². The number of carbonyl (C=O) groups is 1. The molecule has 2 aromatic carbocycles. The van der Waals surface area contributed by atoms with Crippen LogP contribution in [0.3, 0.4) is 0 Å². The molecule has 37 heavy (non-hydrogen) atoms. The van der Waals surface area contributed by atoms with Gasteiger partial charge >= 0.3 is 5.97 Å². The van der Waals surface area contributed by atoms with E-state index in [1.165, 1.54) is 11.6 Å². The van der Waals surface area contributed by atoms with Crippen molar-refractivity contribution in [3.63, 3.8) is 0 Å². The summed E-state index contributed by atoms with van der Waals surface area (Å²) in [6.45, 7) is 7.11. The van der Waals surface area contributed by atoms with E-state index in [2.05, 4.69) is 24.0 Å². The third kappa shape index (κ3) is 8.47. The molecule has 0 spiro atoms. The molecule has 1 fully saturated rings. The highest BCUT2D eigenvalue weighted by atomic mass is 35.5. The number of nitrogens with zero attached hydrogens (tertiary/aromatic N) is 1. The van der Waals surface area contributed by atoms with Crippen LogP contribution in [0.4, 0.5) is 8.78 Å². The molecule has 1 aliphatic rings. The van der Waals surface area contributed by atoms with Crippen LogP contribution in [0, 0.1) is 11.6 Å². The molecule has 0 aromatic heterocycles. The van der Waals surface area contributed by atoms with Gasteiger partial charge in [-0.2, -0.15) is 0 Å². The Bertz CT molecular complexity index is 1050. The number of hydrogen-bond donors (Lipinski definition) is 1. The number of aliphatic hydroxyl groups is 1. The lowest BCUT2D eigenvalue weighted by Gasteiger charge is -2.28. The maximum absolute atomic E-state index is 14.6. The van der Waals surface area contributed by atoms with Gasteiger partial charge in [-0.05, 0) is 86.9 Å². The number of aryl methyl sites for hydroxylation is 1. The molecular formula is C29H38ClF2NO4. The normalized spacial score (nSPS) is 17.6. The van der Waals surface area contributed by atoms with Crippen LogP contribution in [-0.4, -0.2) is 54.4 Å². The lowest BCUT2D eigenvalue weighted by molar-refractivity contribution is -0.143. The molecule has 0 amide bonds. The molecular weight excluding hydrogens is 500 g/mol. The molecule has 1 aliphatic heterocycles. The monoisotopic (exact) mass is 537 g/mol. The van der Waals surface area contributed by atoms with Gasteiger partial charge in [0.25, 0.3) is 0 Å². The third-order valence-corrected chi connectivity index (χ3v) is 7.33. The minimum absolute atomic E-state index is 0.0115. The molecule has 0 radical (unpaired) electrons. The second kappa shape index (κ2) is 14.2. The number of likely N-dealkylation sites (tertiary alicyclic amines) is 1. The third-order valence-electron chi connectivity index (χ3n) is 6.96. The summed E-state index contributed by atoms with van der Waals surface area (Å²) in [7, 11) is 0. The zero-order valence-electron chi connectivity index (χ0n) is 21.9. The highest BCUT2D eigenvalue weighted by Crippen LogP contribution is 2.28. The number of hydrogen-bond acceptors (Lipinski definition) is 5. The summed E-state index contributed by atoms with van der Waals surface area (Å²) in [6.07, 6.45) is 2.55. The maximum atomic E-state index is 14.6. The van der Waals surface area contributed by atoms with Crippen molar-refractivity contribution in [2.75, 3.05) is 26.3 Å².